The first-order valence-corrected chi connectivity index (χ1v) is 9.15. The molecule has 146 valence electrons. The largest absolute Gasteiger partial charge is 0.457 e. The molecular formula is C21H11BrF3NO3. The zero-order chi connectivity index (χ0) is 20.6. The number of furan rings is 1. The van der Waals surface area contributed by atoms with Crippen molar-refractivity contribution >= 4 is 33.9 Å². The van der Waals surface area contributed by atoms with E-state index >= 15 is 0 Å². The molecule has 0 unspecified atom stereocenters. The Labute approximate surface area is 171 Å². The predicted molar refractivity (Wildman–Crippen MR) is 104 cm³/mol. The lowest BCUT2D eigenvalue weighted by Crippen LogP contribution is -2.05. The first kappa shape index (κ1) is 19.2. The van der Waals surface area contributed by atoms with E-state index in [1.165, 1.54) is 24.3 Å². The number of rotatable bonds is 3. The van der Waals surface area contributed by atoms with E-state index in [9.17, 15) is 18.0 Å². The highest BCUT2D eigenvalue weighted by Crippen LogP contribution is 2.33. The van der Waals surface area contributed by atoms with E-state index in [2.05, 4.69) is 20.9 Å². The van der Waals surface area contributed by atoms with Gasteiger partial charge in [0.05, 0.1) is 11.1 Å². The first-order chi connectivity index (χ1) is 13.8. The van der Waals surface area contributed by atoms with Gasteiger partial charge in [0.1, 0.15) is 11.5 Å². The molecule has 0 fully saturated rings. The number of alkyl halides is 3. The maximum absolute atomic E-state index is 12.9. The van der Waals surface area contributed by atoms with E-state index in [1.54, 1.807) is 24.3 Å². The Bertz CT molecular complexity index is 1160. The number of hydrogen-bond acceptors (Lipinski definition) is 4. The van der Waals surface area contributed by atoms with Crippen molar-refractivity contribution in [2.75, 3.05) is 0 Å². The fourth-order valence-corrected chi connectivity index (χ4v) is 3.18. The molecule has 2 heterocycles. The molecule has 4 nitrogen and oxygen atoms in total. The van der Waals surface area contributed by atoms with Crippen molar-refractivity contribution in [3.05, 3.63) is 87.7 Å². The van der Waals surface area contributed by atoms with E-state index in [1.807, 2.05) is 6.07 Å². The van der Waals surface area contributed by atoms with Gasteiger partial charge in [0, 0.05) is 16.1 Å². The van der Waals surface area contributed by atoms with Gasteiger partial charge in [-0.3, -0.25) is 0 Å². The molecule has 8 heteroatoms. The molecule has 0 aliphatic carbocycles. The minimum Gasteiger partial charge on any atom is -0.457 e. The Hall–Kier alpha value is -3.13. The summed E-state index contributed by atoms with van der Waals surface area (Å²) in [6.07, 6.45) is -3.07. The number of nitrogens with zero attached hydrogens (tertiary/aromatic N) is 1. The number of aliphatic imine (C=N–C) groups is 1. The van der Waals surface area contributed by atoms with Gasteiger partial charge in [0.2, 0.25) is 5.90 Å². The van der Waals surface area contributed by atoms with Crippen LogP contribution in [0.2, 0.25) is 0 Å². The Morgan fingerprint density at radius 2 is 1.79 bits per heavy atom. The number of hydrogen-bond donors (Lipinski definition) is 0. The molecule has 0 spiro atoms. The number of carbonyl (C=O) groups is 1. The van der Waals surface area contributed by atoms with Crippen LogP contribution in [0.25, 0.3) is 17.4 Å². The number of carbonyl (C=O) groups excluding carboxylic acids is 1. The molecule has 1 aromatic heterocycles. The summed E-state index contributed by atoms with van der Waals surface area (Å²) in [6.45, 7) is 0. The Balaban J connectivity index is 1.63. The number of benzene rings is 2. The van der Waals surface area contributed by atoms with Crippen LogP contribution < -0.4 is 0 Å². The van der Waals surface area contributed by atoms with Gasteiger partial charge in [-0.1, -0.05) is 24.3 Å². The summed E-state index contributed by atoms with van der Waals surface area (Å²) < 4.78 is 50.2. The van der Waals surface area contributed by atoms with Gasteiger partial charge in [0.25, 0.3) is 0 Å². The Morgan fingerprint density at radius 1 is 1.00 bits per heavy atom. The smallest absolute Gasteiger partial charge is 0.416 e. The zero-order valence-electron chi connectivity index (χ0n) is 14.5. The number of cyclic esters (lactones) is 1. The van der Waals surface area contributed by atoms with E-state index < -0.39 is 17.7 Å². The van der Waals surface area contributed by atoms with Crippen LogP contribution in [0.4, 0.5) is 13.2 Å². The molecule has 0 radical (unpaired) electrons. The molecule has 0 N–H and O–H groups in total. The fraction of sp³-hybridized carbons (Fsp3) is 0.0476. The minimum absolute atomic E-state index is 0.0284. The van der Waals surface area contributed by atoms with E-state index in [0.29, 0.717) is 5.56 Å². The molecule has 0 atom stereocenters. The summed E-state index contributed by atoms with van der Waals surface area (Å²) in [5, 5.41) is 0. The molecule has 29 heavy (non-hydrogen) atoms. The average Bonchev–Trinajstić information content (AvgIpc) is 3.29. The van der Waals surface area contributed by atoms with Gasteiger partial charge in [0.15, 0.2) is 5.70 Å². The highest BCUT2D eigenvalue weighted by Gasteiger charge is 2.30. The molecule has 0 saturated carbocycles. The predicted octanol–water partition coefficient (Wildman–Crippen LogP) is 6.07. The van der Waals surface area contributed by atoms with Gasteiger partial charge in [-0.2, -0.15) is 13.2 Å². The third kappa shape index (κ3) is 4.02. The highest BCUT2D eigenvalue weighted by molar-refractivity contribution is 9.10. The van der Waals surface area contributed by atoms with Crippen molar-refractivity contribution in [3.63, 3.8) is 0 Å². The van der Waals surface area contributed by atoms with Crippen molar-refractivity contribution in [1.82, 2.24) is 0 Å². The van der Waals surface area contributed by atoms with E-state index in [4.69, 9.17) is 9.15 Å². The van der Waals surface area contributed by atoms with Crippen molar-refractivity contribution in [2.45, 2.75) is 6.18 Å². The lowest BCUT2D eigenvalue weighted by Gasteiger charge is -2.07. The minimum atomic E-state index is -4.45. The summed E-state index contributed by atoms with van der Waals surface area (Å²) in [7, 11) is 0. The second-order valence-electron chi connectivity index (χ2n) is 6.10. The van der Waals surface area contributed by atoms with Gasteiger partial charge in [-0.25, -0.2) is 9.79 Å². The molecule has 0 saturated heterocycles. The third-order valence-electron chi connectivity index (χ3n) is 4.10. The van der Waals surface area contributed by atoms with Crippen LogP contribution in [0.5, 0.6) is 0 Å². The number of esters is 1. The maximum atomic E-state index is 12.9. The molecule has 1 aliphatic heterocycles. The number of halogens is 4. The van der Waals surface area contributed by atoms with Crippen molar-refractivity contribution in [1.29, 1.82) is 0 Å². The lowest BCUT2D eigenvalue weighted by molar-refractivity contribution is -0.137. The van der Waals surface area contributed by atoms with Crippen LogP contribution >= 0.6 is 15.9 Å². The quantitative estimate of drug-likeness (QED) is 0.351. The number of ether oxygens (including phenoxy) is 1. The van der Waals surface area contributed by atoms with Crippen LogP contribution in [-0.4, -0.2) is 11.9 Å². The maximum Gasteiger partial charge on any atom is 0.416 e. The summed E-state index contributed by atoms with van der Waals surface area (Å²) in [5.41, 5.74) is 0.151. The van der Waals surface area contributed by atoms with Crippen LogP contribution in [0.15, 0.2) is 80.2 Å². The molecule has 1 aliphatic rings. The van der Waals surface area contributed by atoms with Gasteiger partial charge >= 0.3 is 12.1 Å². The van der Waals surface area contributed by atoms with Gasteiger partial charge in [-0.15, -0.1) is 0 Å². The normalized spacial score (nSPS) is 15.5. The SMILES string of the molecule is O=C1OC(c2ccccc2Br)=NC1=Cc1ccc(-c2cccc(C(F)(F)F)c2)o1. The third-order valence-corrected chi connectivity index (χ3v) is 4.80. The van der Waals surface area contributed by atoms with Crippen molar-refractivity contribution < 1.29 is 27.1 Å². The Morgan fingerprint density at radius 3 is 2.55 bits per heavy atom. The Kier molecular flexibility index (Phi) is 4.87. The molecule has 0 amide bonds. The lowest BCUT2D eigenvalue weighted by atomic mass is 10.1. The second kappa shape index (κ2) is 7.36. The highest BCUT2D eigenvalue weighted by atomic mass is 79.9. The summed E-state index contributed by atoms with van der Waals surface area (Å²) in [4.78, 5) is 16.3. The van der Waals surface area contributed by atoms with Crippen molar-refractivity contribution in [3.8, 4) is 11.3 Å². The molecule has 0 bridgehead atoms. The summed E-state index contributed by atoms with van der Waals surface area (Å²) >= 11 is 3.37. The molecule has 4 rings (SSSR count). The molecule has 3 aromatic rings. The van der Waals surface area contributed by atoms with Crippen LogP contribution in [0, 0.1) is 0 Å². The molecule has 2 aromatic carbocycles. The molecular weight excluding hydrogens is 451 g/mol. The van der Waals surface area contributed by atoms with E-state index in [0.717, 1.165) is 16.6 Å². The van der Waals surface area contributed by atoms with Crippen molar-refractivity contribution in [2.24, 2.45) is 4.99 Å². The first-order valence-electron chi connectivity index (χ1n) is 8.36. The summed E-state index contributed by atoms with van der Waals surface area (Å²) in [5.74, 6) is 0.0111. The standard InChI is InChI=1S/C21H11BrF3NO3/c22-16-7-2-1-6-15(16)19-26-17(20(27)29-19)11-14-8-9-18(28-14)12-4-3-5-13(10-12)21(23,24)25/h1-11H. The summed E-state index contributed by atoms with van der Waals surface area (Å²) in [6, 6.07) is 15.0. The average molecular weight is 462 g/mol. The van der Waals surface area contributed by atoms with Crippen LogP contribution in [0.3, 0.4) is 0 Å². The van der Waals surface area contributed by atoms with Gasteiger partial charge in [-0.05, 0) is 52.3 Å². The monoisotopic (exact) mass is 461 g/mol. The fourth-order valence-electron chi connectivity index (χ4n) is 2.73. The van der Waals surface area contributed by atoms with Gasteiger partial charge < -0.3 is 9.15 Å². The zero-order valence-corrected chi connectivity index (χ0v) is 16.1. The van der Waals surface area contributed by atoms with E-state index in [-0.39, 0.29) is 28.7 Å². The van der Waals surface area contributed by atoms with Crippen LogP contribution in [-0.2, 0) is 15.7 Å². The second-order valence-corrected chi connectivity index (χ2v) is 6.95. The topological polar surface area (TPSA) is 51.8 Å². The van der Waals surface area contributed by atoms with Crippen LogP contribution in [0.1, 0.15) is 16.9 Å².